The van der Waals surface area contributed by atoms with Crippen LogP contribution in [0.5, 0.6) is 0 Å². The van der Waals surface area contributed by atoms with Gasteiger partial charge in [-0.25, -0.2) is 4.98 Å². The van der Waals surface area contributed by atoms with Gasteiger partial charge in [0.2, 0.25) is 0 Å². The lowest BCUT2D eigenvalue weighted by molar-refractivity contribution is 0.548. The van der Waals surface area contributed by atoms with Crippen molar-refractivity contribution in [3.05, 3.63) is 18.0 Å². The molecule has 2 aromatic heterocycles. The average Bonchev–Trinajstić information content (AvgIpc) is 2.59. The van der Waals surface area contributed by atoms with E-state index in [-0.39, 0.29) is 0 Å². The lowest BCUT2D eigenvalue weighted by Crippen LogP contribution is -1.75. The van der Waals surface area contributed by atoms with Gasteiger partial charge in [0.1, 0.15) is 17.7 Å². The van der Waals surface area contributed by atoms with Crippen LogP contribution in [0.25, 0.3) is 11.4 Å². The number of nitrogens with zero attached hydrogens (tertiary/aromatic N) is 3. The lowest BCUT2D eigenvalue weighted by Gasteiger charge is -1.78. The first-order chi connectivity index (χ1) is 4.97. The van der Waals surface area contributed by atoms with Gasteiger partial charge >= 0.3 is 0 Å². The third kappa shape index (κ3) is 0.801. The van der Waals surface area contributed by atoms with Crippen molar-refractivity contribution in [3.63, 3.8) is 0 Å². The molecule has 0 bridgehead atoms. The molecule has 0 unspecified atom stereocenters. The van der Waals surface area contributed by atoms with Crippen molar-refractivity contribution in [3.8, 4) is 11.4 Å². The molecule has 4 nitrogen and oxygen atoms in total. The maximum Gasteiger partial charge on any atom is 0.284 e. The Hall–Kier alpha value is -1.23. The molecule has 0 aromatic carbocycles. The van der Waals surface area contributed by atoms with Crippen LogP contribution in [0.3, 0.4) is 0 Å². The summed E-state index contributed by atoms with van der Waals surface area (Å²) in [6.07, 6.45) is 3.81. The molecule has 49 valence electrons. The average molecular weight is 152 g/mol. The molecule has 0 fully saturated rings. The van der Waals surface area contributed by atoms with Gasteiger partial charge in [-0.1, -0.05) is 4.49 Å². The molecule has 0 N–H and O–H groups in total. The minimum atomic E-state index is 0.675. The van der Waals surface area contributed by atoms with E-state index < -0.39 is 0 Å². The highest BCUT2D eigenvalue weighted by atomic mass is 32.1. The zero-order chi connectivity index (χ0) is 6.81. The van der Waals surface area contributed by atoms with Crippen LogP contribution in [-0.2, 0) is 0 Å². The molecule has 0 saturated heterocycles. The van der Waals surface area contributed by atoms with E-state index in [1.807, 2.05) is 0 Å². The highest BCUT2D eigenvalue weighted by Crippen LogP contribution is 2.13. The summed E-state index contributed by atoms with van der Waals surface area (Å²) in [5, 5.41) is 5.58. The molecule has 2 heterocycles. The Bertz CT molecular complexity index is 256. The maximum atomic E-state index is 4.64. The van der Waals surface area contributed by atoms with Gasteiger partial charge in [0.15, 0.2) is 0 Å². The fraction of sp³-hybridized carbons (Fsp3) is 0. The van der Waals surface area contributed by atoms with Crippen LogP contribution in [0, 0.1) is 6.39 Å². The van der Waals surface area contributed by atoms with Crippen LogP contribution < -0.4 is 0 Å². The Labute approximate surface area is 60.7 Å². The highest BCUT2D eigenvalue weighted by molar-refractivity contribution is 7.03. The van der Waals surface area contributed by atoms with Crippen LogP contribution in [0.4, 0.5) is 0 Å². The van der Waals surface area contributed by atoms with E-state index in [1.165, 1.54) is 17.8 Å². The Kier molecular flexibility index (Phi) is 1.21. The van der Waals surface area contributed by atoms with E-state index >= 15 is 0 Å². The van der Waals surface area contributed by atoms with Crippen molar-refractivity contribution in [2.24, 2.45) is 0 Å². The number of hydrogen-bond acceptors (Lipinski definition) is 5. The number of oxazole rings is 1. The molecule has 0 aliphatic heterocycles. The van der Waals surface area contributed by atoms with Crippen molar-refractivity contribution in [1.82, 2.24) is 14.6 Å². The molecule has 0 aliphatic rings. The quantitative estimate of drug-likeness (QED) is 0.611. The van der Waals surface area contributed by atoms with Gasteiger partial charge in [-0.3, -0.25) is 0 Å². The highest BCUT2D eigenvalue weighted by Gasteiger charge is 2.02. The smallest absolute Gasteiger partial charge is 0.284 e. The maximum absolute atomic E-state index is 4.64. The molecule has 5 heteroatoms. The molecule has 2 aromatic rings. The fourth-order valence-electron chi connectivity index (χ4n) is 0.578. The molecular weight excluding hydrogens is 150 g/mol. The summed E-state index contributed by atoms with van der Waals surface area (Å²) >= 11 is 1.28. The first kappa shape index (κ1) is 5.55. The van der Waals surface area contributed by atoms with Crippen molar-refractivity contribution in [2.45, 2.75) is 0 Å². The summed E-state index contributed by atoms with van der Waals surface area (Å²) in [6, 6.07) is 0. The Morgan fingerprint density at radius 1 is 1.50 bits per heavy atom. The van der Waals surface area contributed by atoms with Crippen molar-refractivity contribution in [1.29, 1.82) is 0 Å². The summed E-state index contributed by atoms with van der Waals surface area (Å²) in [4.78, 5) is 3.77. The molecule has 1 radical (unpaired) electrons. The van der Waals surface area contributed by atoms with Gasteiger partial charge in [-0.15, -0.1) is 5.10 Å². The van der Waals surface area contributed by atoms with Gasteiger partial charge in [0.05, 0.1) is 0 Å². The van der Waals surface area contributed by atoms with Gasteiger partial charge in [-0.05, 0) is 11.5 Å². The van der Waals surface area contributed by atoms with Crippen LogP contribution in [0.2, 0.25) is 0 Å². The van der Waals surface area contributed by atoms with Crippen molar-refractivity contribution >= 4 is 11.5 Å². The monoisotopic (exact) mass is 152 g/mol. The van der Waals surface area contributed by atoms with Gasteiger partial charge in [0.25, 0.3) is 6.39 Å². The van der Waals surface area contributed by atoms with Crippen LogP contribution in [0.1, 0.15) is 0 Å². The SMILES string of the molecule is [c]1nc(-c2csnn2)co1. The zero-order valence-electron chi connectivity index (χ0n) is 4.81. The Morgan fingerprint density at radius 2 is 2.50 bits per heavy atom. The fourth-order valence-corrected chi connectivity index (χ4v) is 1.03. The lowest BCUT2D eigenvalue weighted by atomic mass is 10.4. The van der Waals surface area contributed by atoms with Gasteiger partial charge < -0.3 is 4.42 Å². The van der Waals surface area contributed by atoms with Crippen LogP contribution in [0.15, 0.2) is 16.1 Å². The third-order valence-electron chi connectivity index (χ3n) is 1.01. The summed E-state index contributed by atoms with van der Waals surface area (Å²) in [5.41, 5.74) is 1.41. The molecule has 0 spiro atoms. The van der Waals surface area contributed by atoms with Crippen molar-refractivity contribution in [2.75, 3.05) is 0 Å². The zero-order valence-corrected chi connectivity index (χ0v) is 5.63. The second kappa shape index (κ2) is 2.18. The van der Waals surface area contributed by atoms with Crippen LogP contribution >= 0.6 is 11.5 Å². The van der Waals surface area contributed by atoms with Crippen molar-refractivity contribution < 1.29 is 4.42 Å². The predicted octanol–water partition coefficient (Wildman–Crippen LogP) is 0.993. The van der Waals surface area contributed by atoms with Crippen LogP contribution in [-0.4, -0.2) is 14.6 Å². The molecule has 0 aliphatic carbocycles. The number of aromatic nitrogens is 3. The molecular formula is C5H2N3OS. The van der Waals surface area contributed by atoms with E-state index in [2.05, 4.69) is 25.4 Å². The second-order valence-corrected chi connectivity index (χ2v) is 2.22. The van der Waals surface area contributed by atoms with Gasteiger partial charge in [0, 0.05) is 5.38 Å². The van der Waals surface area contributed by atoms with E-state index in [4.69, 9.17) is 0 Å². The predicted molar refractivity (Wildman–Crippen MR) is 34.2 cm³/mol. The van der Waals surface area contributed by atoms with E-state index in [1.54, 1.807) is 5.38 Å². The first-order valence-corrected chi connectivity index (χ1v) is 3.39. The van der Waals surface area contributed by atoms with E-state index in [0.717, 1.165) is 5.69 Å². The third-order valence-corrected chi connectivity index (χ3v) is 1.52. The molecule has 10 heavy (non-hydrogen) atoms. The summed E-state index contributed by atoms with van der Waals surface area (Å²) < 4.78 is 8.31. The summed E-state index contributed by atoms with van der Waals surface area (Å²) in [5.74, 6) is 0. The second-order valence-electron chi connectivity index (χ2n) is 1.61. The molecule has 0 amide bonds. The topological polar surface area (TPSA) is 51.8 Å². The largest absolute Gasteiger partial charge is 0.440 e. The number of hydrogen-bond donors (Lipinski definition) is 0. The Morgan fingerprint density at radius 3 is 3.10 bits per heavy atom. The molecule has 0 saturated carbocycles. The molecule has 2 rings (SSSR count). The van der Waals surface area contributed by atoms with E-state index in [0.29, 0.717) is 5.69 Å². The minimum Gasteiger partial charge on any atom is -0.440 e. The van der Waals surface area contributed by atoms with E-state index in [9.17, 15) is 0 Å². The normalized spacial score (nSPS) is 10.0. The summed E-state index contributed by atoms with van der Waals surface area (Å²) in [7, 11) is 0. The summed E-state index contributed by atoms with van der Waals surface area (Å²) in [6.45, 7) is 0. The first-order valence-electron chi connectivity index (χ1n) is 2.56. The Balaban J connectivity index is 2.48. The molecule has 0 atom stereocenters. The minimum absolute atomic E-state index is 0.675. The standard InChI is InChI=1S/C5H2N3OS/c1-4(6-3-9-1)5-2-10-8-7-5/h1-2H. The van der Waals surface area contributed by atoms with Gasteiger partial charge in [-0.2, -0.15) is 0 Å². The number of rotatable bonds is 1.